The molecule has 1 atom stereocenters. The Labute approximate surface area is 140 Å². The minimum atomic E-state index is 0.561. The molecule has 0 aliphatic carbocycles. The van der Waals surface area contributed by atoms with E-state index in [-0.39, 0.29) is 0 Å². The summed E-state index contributed by atoms with van der Waals surface area (Å²) in [7, 11) is 0. The second kappa shape index (κ2) is 8.60. The molecular weight excluding hydrogens is 338 g/mol. The normalized spacial score (nSPS) is 11.7. The van der Waals surface area contributed by atoms with Crippen LogP contribution >= 0.6 is 15.9 Å². The molecule has 0 aromatic heterocycles. The van der Waals surface area contributed by atoms with Crippen LogP contribution in [0.1, 0.15) is 31.7 Å². The van der Waals surface area contributed by atoms with E-state index in [2.05, 4.69) is 28.9 Å². The third kappa shape index (κ3) is 4.61. The predicted octanol–water partition coefficient (Wildman–Crippen LogP) is 5.56. The van der Waals surface area contributed by atoms with Gasteiger partial charge in [0.2, 0.25) is 0 Å². The van der Waals surface area contributed by atoms with Gasteiger partial charge in [-0.15, -0.1) is 0 Å². The van der Waals surface area contributed by atoms with Gasteiger partial charge in [-0.2, -0.15) is 5.26 Å². The predicted molar refractivity (Wildman–Crippen MR) is 94.3 cm³/mol. The molecule has 114 valence electrons. The molecule has 0 amide bonds. The summed E-state index contributed by atoms with van der Waals surface area (Å²) in [6.07, 6.45) is 3.24. The number of benzene rings is 2. The van der Waals surface area contributed by atoms with E-state index in [0.717, 1.165) is 36.1 Å². The van der Waals surface area contributed by atoms with Crippen molar-refractivity contribution in [3.63, 3.8) is 0 Å². The number of ether oxygens (including phenoxy) is 1. The van der Waals surface area contributed by atoms with Gasteiger partial charge in [0, 0.05) is 4.83 Å². The van der Waals surface area contributed by atoms with Gasteiger partial charge in [-0.25, -0.2) is 0 Å². The Bertz CT molecular complexity index is 634. The Hall–Kier alpha value is -1.79. The molecule has 2 rings (SSSR count). The Morgan fingerprint density at radius 2 is 1.95 bits per heavy atom. The summed E-state index contributed by atoms with van der Waals surface area (Å²) in [5, 5.41) is 9.37. The van der Waals surface area contributed by atoms with Gasteiger partial charge >= 0.3 is 0 Å². The number of rotatable bonds is 7. The Morgan fingerprint density at radius 3 is 2.64 bits per heavy atom. The standard InChI is InChI=1S/C19H20BrNO/c1-2-17(20)9-6-12-22-18-10-11-19(16(13-18)14-21)15-7-4-3-5-8-15/h3-5,7-8,10-11,13,17H,2,6,9,12H2,1H3. The third-order valence-electron chi connectivity index (χ3n) is 3.57. The van der Waals surface area contributed by atoms with Gasteiger partial charge in [-0.1, -0.05) is 53.2 Å². The van der Waals surface area contributed by atoms with Crippen molar-refractivity contribution < 1.29 is 4.74 Å². The van der Waals surface area contributed by atoms with Crippen LogP contribution in [0.15, 0.2) is 48.5 Å². The molecular formula is C19H20BrNO. The van der Waals surface area contributed by atoms with E-state index in [1.807, 2.05) is 48.5 Å². The fourth-order valence-corrected chi connectivity index (χ4v) is 2.60. The van der Waals surface area contributed by atoms with E-state index in [0.29, 0.717) is 17.0 Å². The largest absolute Gasteiger partial charge is 0.494 e. The summed E-state index contributed by atoms with van der Waals surface area (Å²) in [6, 6.07) is 17.9. The Kier molecular flexibility index (Phi) is 6.48. The number of hydrogen-bond acceptors (Lipinski definition) is 2. The van der Waals surface area contributed by atoms with Crippen molar-refractivity contribution in [3.05, 3.63) is 54.1 Å². The zero-order chi connectivity index (χ0) is 15.8. The molecule has 0 aliphatic rings. The van der Waals surface area contributed by atoms with Gasteiger partial charge in [-0.05, 0) is 48.6 Å². The molecule has 0 saturated carbocycles. The van der Waals surface area contributed by atoms with Crippen molar-refractivity contribution in [2.45, 2.75) is 31.0 Å². The first-order valence-electron chi connectivity index (χ1n) is 7.61. The lowest BCUT2D eigenvalue weighted by Gasteiger charge is -2.10. The summed E-state index contributed by atoms with van der Waals surface area (Å²) in [5.74, 6) is 0.763. The molecule has 2 aromatic carbocycles. The summed E-state index contributed by atoms with van der Waals surface area (Å²) < 4.78 is 5.76. The fraction of sp³-hybridized carbons (Fsp3) is 0.316. The Balaban J connectivity index is 2.02. The second-order valence-electron chi connectivity index (χ2n) is 5.18. The molecule has 0 fully saturated rings. The summed E-state index contributed by atoms with van der Waals surface area (Å²) in [5.41, 5.74) is 2.65. The first kappa shape index (κ1) is 16.6. The van der Waals surface area contributed by atoms with E-state index in [1.165, 1.54) is 0 Å². The van der Waals surface area contributed by atoms with Gasteiger partial charge in [0.05, 0.1) is 18.2 Å². The SMILES string of the molecule is CCC(Br)CCCOc1ccc(-c2ccccc2)c(C#N)c1. The highest BCUT2D eigenvalue weighted by Crippen LogP contribution is 2.27. The van der Waals surface area contributed by atoms with Crippen LogP contribution in [-0.4, -0.2) is 11.4 Å². The lowest BCUT2D eigenvalue weighted by molar-refractivity contribution is 0.306. The lowest BCUT2D eigenvalue weighted by atomic mass is 10.0. The maximum Gasteiger partial charge on any atom is 0.120 e. The fourth-order valence-electron chi connectivity index (χ4n) is 2.27. The lowest BCUT2D eigenvalue weighted by Crippen LogP contribution is -2.02. The first-order chi connectivity index (χ1) is 10.7. The van der Waals surface area contributed by atoms with Crippen LogP contribution in [0.25, 0.3) is 11.1 Å². The van der Waals surface area contributed by atoms with Crippen LogP contribution in [0.2, 0.25) is 0 Å². The Morgan fingerprint density at radius 1 is 1.18 bits per heavy atom. The van der Waals surface area contributed by atoms with Crippen LogP contribution in [0, 0.1) is 11.3 Å². The average molecular weight is 358 g/mol. The molecule has 0 saturated heterocycles. The molecule has 22 heavy (non-hydrogen) atoms. The number of halogens is 1. The molecule has 2 aromatic rings. The van der Waals surface area contributed by atoms with Crippen LogP contribution in [-0.2, 0) is 0 Å². The number of alkyl halides is 1. The van der Waals surface area contributed by atoms with Crippen molar-refractivity contribution >= 4 is 15.9 Å². The molecule has 0 heterocycles. The maximum atomic E-state index is 9.37. The third-order valence-corrected chi connectivity index (χ3v) is 4.67. The number of nitrogens with zero attached hydrogens (tertiary/aromatic N) is 1. The minimum Gasteiger partial charge on any atom is -0.494 e. The highest BCUT2D eigenvalue weighted by Gasteiger charge is 2.07. The molecule has 2 nitrogen and oxygen atoms in total. The van der Waals surface area contributed by atoms with E-state index in [4.69, 9.17) is 4.74 Å². The van der Waals surface area contributed by atoms with Crippen LogP contribution in [0.5, 0.6) is 5.75 Å². The zero-order valence-corrected chi connectivity index (χ0v) is 14.3. The van der Waals surface area contributed by atoms with E-state index in [1.54, 1.807) is 0 Å². The van der Waals surface area contributed by atoms with Crippen molar-refractivity contribution in [2.75, 3.05) is 6.61 Å². The van der Waals surface area contributed by atoms with Gasteiger partial charge in [0.1, 0.15) is 5.75 Å². The van der Waals surface area contributed by atoms with Gasteiger partial charge in [0.15, 0.2) is 0 Å². The van der Waals surface area contributed by atoms with Gasteiger partial charge < -0.3 is 4.74 Å². The van der Waals surface area contributed by atoms with Crippen LogP contribution < -0.4 is 4.74 Å². The summed E-state index contributed by atoms with van der Waals surface area (Å²) >= 11 is 3.62. The highest BCUT2D eigenvalue weighted by atomic mass is 79.9. The van der Waals surface area contributed by atoms with Crippen LogP contribution in [0.4, 0.5) is 0 Å². The van der Waals surface area contributed by atoms with Crippen molar-refractivity contribution in [3.8, 4) is 22.9 Å². The molecule has 0 N–H and O–H groups in total. The molecule has 1 unspecified atom stereocenters. The zero-order valence-electron chi connectivity index (χ0n) is 12.8. The quantitative estimate of drug-likeness (QED) is 0.480. The highest BCUT2D eigenvalue weighted by molar-refractivity contribution is 9.09. The maximum absolute atomic E-state index is 9.37. The molecule has 0 radical (unpaired) electrons. The number of hydrogen-bond donors (Lipinski definition) is 0. The van der Waals surface area contributed by atoms with Crippen molar-refractivity contribution in [1.29, 1.82) is 5.26 Å². The van der Waals surface area contributed by atoms with Crippen molar-refractivity contribution in [1.82, 2.24) is 0 Å². The summed E-state index contributed by atoms with van der Waals surface area (Å²) in [4.78, 5) is 0.561. The first-order valence-corrected chi connectivity index (χ1v) is 8.52. The molecule has 0 bridgehead atoms. The number of nitriles is 1. The topological polar surface area (TPSA) is 33.0 Å². The molecule has 0 aliphatic heterocycles. The van der Waals surface area contributed by atoms with Gasteiger partial charge in [0.25, 0.3) is 0 Å². The monoisotopic (exact) mass is 357 g/mol. The molecule has 0 spiro atoms. The van der Waals surface area contributed by atoms with Crippen molar-refractivity contribution in [2.24, 2.45) is 0 Å². The molecule has 3 heteroatoms. The second-order valence-corrected chi connectivity index (χ2v) is 6.48. The van der Waals surface area contributed by atoms with Crippen LogP contribution in [0.3, 0.4) is 0 Å². The minimum absolute atomic E-state index is 0.561. The van der Waals surface area contributed by atoms with E-state index in [9.17, 15) is 5.26 Å². The van der Waals surface area contributed by atoms with Gasteiger partial charge in [-0.3, -0.25) is 0 Å². The van der Waals surface area contributed by atoms with E-state index < -0.39 is 0 Å². The van der Waals surface area contributed by atoms with E-state index >= 15 is 0 Å². The summed E-state index contributed by atoms with van der Waals surface area (Å²) in [6.45, 7) is 2.85. The average Bonchev–Trinajstić information content (AvgIpc) is 2.59. The smallest absolute Gasteiger partial charge is 0.120 e.